The minimum atomic E-state index is 0. The number of piperidine rings is 1. The topological polar surface area (TPSA) is 76.2 Å². The summed E-state index contributed by atoms with van der Waals surface area (Å²) in [5.74, 6) is 2.34. The van der Waals surface area contributed by atoms with Crippen molar-refractivity contribution in [1.82, 2.24) is 34.5 Å². The van der Waals surface area contributed by atoms with Crippen molar-refractivity contribution in [3.63, 3.8) is 0 Å². The first kappa shape index (κ1) is 21.3. The van der Waals surface area contributed by atoms with E-state index in [9.17, 15) is 0 Å². The van der Waals surface area contributed by atoms with E-state index in [4.69, 9.17) is 0 Å². The molecule has 9 heteroatoms. The molecule has 0 bridgehead atoms. The van der Waals surface area contributed by atoms with Crippen molar-refractivity contribution in [2.45, 2.75) is 25.9 Å². The fourth-order valence-corrected chi connectivity index (χ4v) is 3.77. The lowest BCUT2D eigenvalue weighted by molar-refractivity contribution is 0.189. The summed E-state index contributed by atoms with van der Waals surface area (Å²) in [6, 6.07) is 10.5. The first-order valence-corrected chi connectivity index (χ1v) is 9.63. The van der Waals surface area contributed by atoms with E-state index in [2.05, 4.69) is 41.9 Å². The monoisotopic (exact) mass is 506 g/mol. The van der Waals surface area contributed by atoms with Gasteiger partial charge in [-0.3, -0.25) is 9.56 Å². The zero-order valence-electron chi connectivity index (χ0n) is 16.7. The molecule has 3 aromatic rings. The molecule has 0 saturated carbocycles. The zero-order chi connectivity index (χ0) is 19.3. The number of hydrogen-bond acceptors (Lipinski definition) is 4. The SMILES string of the molecule is CN=C(NCc1nncn1-c1ccccc1)N1CCC(C)C(n2ccnc2)C1.I. The molecule has 1 fully saturated rings. The van der Waals surface area contributed by atoms with Crippen LogP contribution in [0.5, 0.6) is 0 Å². The van der Waals surface area contributed by atoms with E-state index < -0.39 is 0 Å². The van der Waals surface area contributed by atoms with Gasteiger partial charge in [-0.05, 0) is 24.5 Å². The molecule has 1 saturated heterocycles. The second-order valence-electron chi connectivity index (χ2n) is 7.14. The van der Waals surface area contributed by atoms with Gasteiger partial charge in [-0.15, -0.1) is 34.2 Å². The molecular weight excluding hydrogens is 479 g/mol. The third kappa shape index (κ3) is 4.77. The Labute approximate surface area is 188 Å². The van der Waals surface area contributed by atoms with Crippen LogP contribution in [0.3, 0.4) is 0 Å². The molecule has 2 unspecified atom stereocenters. The van der Waals surface area contributed by atoms with Crippen LogP contribution in [-0.2, 0) is 6.54 Å². The molecule has 8 nitrogen and oxygen atoms in total. The van der Waals surface area contributed by atoms with Gasteiger partial charge in [-0.25, -0.2) is 4.98 Å². The molecule has 0 amide bonds. The molecule has 1 aromatic carbocycles. The van der Waals surface area contributed by atoms with Crippen molar-refractivity contribution in [2.24, 2.45) is 10.9 Å². The molecule has 0 aliphatic carbocycles. The summed E-state index contributed by atoms with van der Waals surface area (Å²) >= 11 is 0. The van der Waals surface area contributed by atoms with Gasteiger partial charge in [0.2, 0.25) is 0 Å². The standard InChI is InChI=1S/C20H26N8.HI/c1-16-8-10-26(13-18(16)27-11-9-22-14-27)20(21-2)23-12-19-25-24-15-28(19)17-6-4-3-5-7-17;/h3-7,9,11,14-16,18H,8,10,12-13H2,1-2H3,(H,21,23);1H. The Bertz CT molecular complexity index is 906. The minimum absolute atomic E-state index is 0. The fraction of sp³-hybridized carbons (Fsp3) is 0.400. The molecule has 29 heavy (non-hydrogen) atoms. The molecule has 0 spiro atoms. The molecule has 1 aliphatic heterocycles. The zero-order valence-corrected chi connectivity index (χ0v) is 19.0. The summed E-state index contributed by atoms with van der Waals surface area (Å²) in [7, 11) is 1.83. The number of aliphatic imine (C=N–C) groups is 1. The highest BCUT2D eigenvalue weighted by Gasteiger charge is 2.29. The Morgan fingerprint density at radius 2 is 2.07 bits per heavy atom. The predicted octanol–water partition coefficient (Wildman–Crippen LogP) is 2.74. The summed E-state index contributed by atoms with van der Waals surface area (Å²) in [5, 5.41) is 11.8. The van der Waals surface area contributed by atoms with Gasteiger partial charge in [0, 0.05) is 38.2 Å². The smallest absolute Gasteiger partial charge is 0.194 e. The summed E-state index contributed by atoms with van der Waals surface area (Å²) in [5.41, 5.74) is 1.05. The number of halogens is 1. The number of likely N-dealkylation sites (tertiary alicyclic amines) is 1. The van der Waals surface area contributed by atoms with Gasteiger partial charge in [0.05, 0.1) is 18.9 Å². The van der Waals surface area contributed by atoms with Gasteiger partial charge in [-0.1, -0.05) is 25.1 Å². The number of benzene rings is 1. The molecule has 0 radical (unpaired) electrons. The predicted molar refractivity (Wildman–Crippen MR) is 124 cm³/mol. The van der Waals surface area contributed by atoms with Crippen LogP contribution in [0.25, 0.3) is 5.69 Å². The summed E-state index contributed by atoms with van der Waals surface area (Å²) < 4.78 is 4.20. The highest BCUT2D eigenvalue weighted by atomic mass is 127. The molecular formula is C20H27IN8. The fourth-order valence-electron chi connectivity index (χ4n) is 3.77. The van der Waals surface area contributed by atoms with Gasteiger partial charge in [0.25, 0.3) is 0 Å². The van der Waals surface area contributed by atoms with E-state index in [0.29, 0.717) is 18.5 Å². The van der Waals surface area contributed by atoms with Crippen LogP contribution in [0.2, 0.25) is 0 Å². The highest BCUT2D eigenvalue weighted by Crippen LogP contribution is 2.27. The summed E-state index contributed by atoms with van der Waals surface area (Å²) in [4.78, 5) is 11.0. The Kier molecular flexibility index (Phi) is 7.24. The van der Waals surface area contributed by atoms with Crippen LogP contribution in [0, 0.1) is 5.92 Å². The van der Waals surface area contributed by atoms with Crippen LogP contribution in [0.15, 0.2) is 60.4 Å². The molecule has 3 heterocycles. The quantitative estimate of drug-likeness (QED) is 0.335. The molecule has 2 atom stereocenters. The third-order valence-electron chi connectivity index (χ3n) is 5.40. The van der Waals surface area contributed by atoms with Gasteiger partial charge < -0.3 is 14.8 Å². The molecule has 1 N–H and O–H groups in total. The lowest BCUT2D eigenvalue weighted by atomic mass is 9.93. The van der Waals surface area contributed by atoms with Crippen LogP contribution >= 0.6 is 24.0 Å². The Balaban J connectivity index is 0.00000240. The van der Waals surface area contributed by atoms with Gasteiger partial charge in [0.1, 0.15) is 6.33 Å². The second kappa shape index (κ2) is 9.86. The number of rotatable bonds is 4. The average molecular weight is 506 g/mol. The maximum Gasteiger partial charge on any atom is 0.194 e. The van der Waals surface area contributed by atoms with E-state index >= 15 is 0 Å². The van der Waals surface area contributed by atoms with Crippen molar-refractivity contribution in [2.75, 3.05) is 20.1 Å². The van der Waals surface area contributed by atoms with Crippen LogP contribution in [0.4, 0.5) is 0 Å². The first-order valence-electron chi connectivity index (χ1n) is 9.63. The average Bonchev–Trinajstić information content (AvgIpc) is 3.42. The van der Waals surface area contributed by atoms with Crippen LogP contribution in [-0.4, -0.2) is 55.3 Å². The number of para-hydroxylation sites is 1. The van der Waals surface area contributed by atoms with Crippen LogP contribution in [0.1, 0.15) is 25.2 Å². The lowest BCUT2D eigenvalue weighted by Crippen LogP contribution is -2.48. The van der Waals surface area contributed by atoms with Gasteiger partial charge in [0.15, 0.2) is 11.8 Å². The van der Waals surface area contributed by atoms with E-state index in [0.717, 1.165) is 37.0 Å². The Morgan fingerprint density at radius 3 is 2.79 bits per heavy atom. The van der Waals surface area contributed by atoms with Crippen molar-refractivity contribution >= 4 is 29.9 Å². The molecule has 2 aromatic heterocycles. The van der Waals surface area contributed by atoms with E-state index in [1.165, 1.54) is 0 Å². The number of imidazole rings is 1. The lowest BCUT2D eigenvalue weighted by Gasteiger charge is -2.39. The maximum atomic E-state index is 4.50. The van der Waals surface area contributed by atoms with E-state index in [1.54, 1.807) is 6.33 Å². The molecule has 1 aliphatic rings. The molecule has 4 rings (SSSR count). The highest BCUT2D eigenvalue weighted by molar-refractivity contribution is 14.0. The number of hydrogen-bond donors (Lipinski definition) is 1. The molecule has 154 valence electrons. The van der Waals surface area contributed by atoms with Gasteiger partial charge >= 0.3 is 0 Å². The Morgan fingerprint density at radius 1 is 1.24 bits per heavy atom. The number of guanidine groups is 1. The largest absolute Gasteiger partial charge is 0.349 e. The van der Waals surface area contributed by atoms with E-state index in [1.807, 2.05) is 60.7 Å². The number of nitrogens with zero attached hydrogens (tertiary/aromatic N) is 7. The summed E-state index contributed by atoms with van der Waals surface area (Å²) in [6.07, 6.45) is 8.65. The summed E-state index contributed by atoms with van der Waals surface area (Å²) in [6.45, 7) is 4.75. The second-order valence-corrected chi connectivity index (χ2v) is 7.14. The Hall–Kier alpha value is -2.43. The number of nitrogens with one attached hydrogen (secondary N) is 1. The van der Waals surface area contributed by atoms with Crippen molar-refractivity contribution in [1.29, 1.82) is 0 Å². The number of aromatic nitrogens is 5. The third-order valence-corrected chi connectivity index (χ3v) is 5.40. The minimum Gasteiger partial charge on any atom is -0.349 e. The normalized spacial score (nSPS) is 19.7. The van der Waals surface area contributed by atoms with Gasteiger partial charge in [-0.2, -0.15) is 0 Å². The first-order chi connectivity index (χ1) is 13.8. The van der Waals surface area contributed by atoms with Crippen molar-refractivity contribution < 1.29 is 0 Å². The van der Waals surface area contributed by atoms with Crippen LogP contribution < -0.4 is 5.32 Å². The van der Waals surface area contributed by atoms with Crippen molar-refractivity contribution in [3.05, 3.63) is 61.2 Å². The van der Waals surface area contributed by atoms with Crippen molar-refractivity contribution in [3.8, 4) is 5.69 Å². The maximum absolute atomic E-state index is 4.50. The van der Waals surface area contributed by atoms with E-state index in [-0.39, 0.29) is 24.0 Å².